The number of benzene rings is 1. The summed E-state index contributed by atoms with van der Waals surface area (Å²) in [5.74, 6) is 0.893. The first-order valence-corrected chi connectivity index (χ1v) is 5.71. The van der Waals surface area contributed by atoms with Crippen molar-refractivity contribution in [3.05, 3.63) is 53.5 Å². The molecule has 0 unspecified atom stereocenters. The first kappa shape index (κ1) is 9.60. The van der Waals surface area contributed by atoms with Gasteiger partial charge < -0.3 is 4.42 Å². The third kappa shape index (κ3) is 1.53. The van der Waals surface area contributed by atoms with E-state index in [0.29, 0.717) is 0 Å². The molecule has 3 rings (SSSR count). The number of furan rings is 1. The Morgan fingerprint density at radius 2 is 1.88 bits per heavy atom. The standard InChI is InChI=1S/C13H8BrNO/c14-11-1-2-12-10(7-11)8-16-13(12)9-3-5-15-6-4-9/h1-8H. The van der Waals surface area contributed by atoms with E-state index in [4.69, 9.17) is 4.42 Å². The number of rotatable bonds is 1. The lowest BCUT2D eigenvalue weighted by Gasteiger charge is -1.97. The van der Waals surface area contributed by atoms with Gasteiger partial charge >= 0.3 is 0 Å². The molecule has 2 nitrogen and oxygen atoms in total. The molecule has 0 saturated heterocycles. The molecule has 0 fully saturated rings. The molecule has 1 aromatic carbocycles. The van der Waals surface area contributed by atoms with Gasteiger partial charge in [-0.15, -0.1) is 0 Å². The molecule has 0 N–H and O–H groups in total. The van der Waals surface area contributed by atoms with Crippen molar-refractivity contribution >= 4 is 26.7 Å². The largest absolute Gasteiger partial charge is 0.463 e. The van der Waals surface area contributed by atoms with E-state index < -0.39 is 0 Å². The Bertz CT molecular complexity index is 631. The van der Waals surface area contributed by atoms with E-state index in [1.54, 1.807) is 18.7 Å². The van der Waals surface area contributed by atoms with Gasteiger partial charge in [-0.2, -0.15) is 0 Å². The topological polar surface area (TPSA) is 26.0 Å². The molecular formula is C13H8BrNO. The van der Waals surface area contributed by atoms with Gasteiger partial charge in [-0.05, 0) is 30.3 Å². The maximum Gasteiger partial charge on any atom is 0.141 e. The minimum Gasteiger partial charge on any atom is -0.463 e. The Labute approximate surface area is 101 Å². The van der Waals surface area contributed by atoms with Crippen LogP contribution in [0.1, 0.15) is 0 Å². The van der Waals surface area contributed by atoms with Gasteiger partial charge in [0.2, 0.25) is 0 Å². The number of hydrogen-bond acceptors (Lipinski definition) is 2. The predicted molar refractivity (Wildman–Crippen MR) is 67.1 cm³/mol. The number of aromatic nitrogens is 1. The quantitative estimate of drug-likeness (QED) is 0.662. The third-order valence-electron chi connectivity index (χ3n) is 2.50. The van der Waals surface area contributed by atoms with Crippen molar-refractivity contribution in [3.8, 4) is 11.3 Å². The van der Waals surface area contributed by atoms with Gasteiger partial charge in [-0.1, -0.05) is 15.9 Å². The highest BCUT2D eigenvalue weighted by Gasteiger charge is 2.08. The Hall–Kier alpha value is -1.61. The van der Waals surface area contributed by atoms with Crippen molar-refractivity contribution < 1.29 is 4.42 Å². The number of pyridine rings is 1. The Morgan fingerprint density at radius 3 is 2.69 bits per heavy atom. The van der Waals surface area contributed by atoms with Gasteiger partial charge in [-0.25, -0.2) is 0 Å². The fourth-order valence-corrected chi connectivity index (χ4v) is 2.13. The Kier molecular flexibility index (Phi) is 2.26. The lowest BCUT2D eigenvalue weighted by atomic mass is 10.1. The van der Waals surface area contributed by atoms with Crippen LogP contribution in [0.25, 0.3) is 22.1 Å². The van der Waals surface area contributed by atoms with E-state index in [0.717, 1.165) is 26.6 Å². The van der Waals surface area contributed by atoms with Crippen LogP contribution in [0.4, 0.5) is 0 Å². The third-order valence-corrected chi connectivity index (χ3v) is 3.00. The first-order chi connectivity index (χ1) is 7.84. The monoisotopic (exact) mass is 273 g/mol. The van der Waals surface area contributed by atoms with Crippen LogP contribution in [0.15, 0.2) is 57.9 Å². The molecule has 0 amide bonds. The summed E-state index contributed by atoms with van der Waals surface area (Å²) in [6.07, 6.45) is 5.31. The number of hydrogen-bond donors (Lipinski definition) is 0. The van der Waals surface area contributed by atoms with Crippen LogP contribution in [0.2, 0.25) is 0 Å². The molecule has 0 bridgehead atoms. The number of halogens is 1. The minimum absolute atomic E-state index is 0.893. The van der Waals surface area contributed by atoms with Crippen LogP contribution in [0, 0.1) is 0 Å². The normalized spacial score (nSPS) is 10.8. The molecule has 0 aliphatic heterocycles. The van der Waals surface area contributed by atoms with E-state index in [1.807, 2.05) is 24.3 Å². The summed E-state index contributed by atoms with van der Waals surface area (Å²) >= 11 is 3.45. The van der Waals surface area contributed by atoms with Crippen molar-refractivity contribution in [2.75, 3.05) is 0 Å². The zero-order valence-corrected chi connectivity index (χ0v) is 9.94. The van der Waals surface area contributed by atoms with Gasteiger partial charge in [0.1, 0.15) is 5.76 Å². The zero-order valence-electron chi connectivity index (χ0n) is 8.35. The lowest BCUT2D eigenvalue weighted by Crippen LogP contribution is -1.75. The average Bonchev–Trinajstić information content (AvgIpc) is 2.73. The van der Waals surface area contributed by atoms with E-state index in [2.05, 4.69) is 27.0 Å². The number of nitrogens with zero attached hydrogens (tertiary/aromatic N) is 1. The summed E-state index contributed by atoms with van der Waals surface area (Å²) in [5, 5.41) is 2.22. The highest BCUT2D eigenvalue weighted by atomic mass is 79.9. The fourth-order valence-electron chi connectivity index (χ4n) is 1.75. The molecule has 0 spiro atoms. The summed E-state index contributed by atoms with van der Waals surface area (Å²) in [6, 6.07) is 10.0. The van der Waals surface area contributed by atoms with Crippen LogP contribution >= 0.6 is 15.9 Å². The molecule has 0 radical (unpaired) electrons. The highest BCUT2D eigenvalue weighted by molar-refractivity contribution is 9.10. The molecule has 2 aromatic heterocycles. The zero-order chi connectivity index (χ0) is 11.0. The van der Waals surface area contributed by atoms with Crippen molar-refractivity contribution in [1.82, 2.24) is 4.98 Å². The van der Waals surface area contributed by atoms with Crippen LogP contribution in [-0.4, -0.2) is 4.98 Å². The van der Waals surface area contributed by atoms with E-state index in [9.17, 15) is 0 Å². The van der Waals surface area contributed by atoms with E-state index in [1.165, 1.54) is 0 Å². The van der Waals surface area contributed by atoms with Crippen molar-refractivity contribution in [2.24, 2.45) is 0 Å². The summed E-state index contributed by atoms with van der Waals surface area (Å²) in [6.45, 7) is 0. The molecule has 78 valence electrons. The van der Waals surface area contributed by atoms with Crippen LogP contribution in [0.3, 0.4) is 0 Å². The molecule has 3 heteroatoms. The molecule has 0 saturated carbocycles. The van der Waals surface area contributed by atoms with Crippen LogP contribution in [0.5, 0.6) is 0 Å². The van der Waals surface area contributed by atoms with E-state index in [-0.39, 0.29) is 0 Å². The molecule has 16 heavy (non-hydrogen) atoms. The van der Waals surface area contributed by atoms with Crippen molar-refractivity contribution in [2.45, 2.75) is 0 Å². The maximum absolute atomic E-state index is 5.61. The second-order valence-corrected chi connectivity index (χ2v) is 4.45. The Balaban J connectivity index is 2.26. The average molecular weight is 274 g/mol. The molecule has 0 aliphatic rings. The molecule has 0 aliphatic carbocycles. The summed E-state index contributed by atoms with van der Waals surface area (Å²) < 4.78 is 6.66. The highest BCUT2D eigenvalue weighted by Crippen LogP contribution is 2.31. The van der Waals surface area contributed by atoms with Gasteiger partial charge in [0.15, 0.2) is 0 Å². The second kappa shape index (κ2) is 3.76. The second-order valence-electron chi connectivity index (χ2n) is 3.53. The Morgan fingerprint density at radius 1 is 1.06 bits per heavy atom. The van der Waals surface area contributed by atoms with Crippen molar-refractivity contribution in [3.63, 3.8) is 0 Å². The minimum atomic E-state index is 0.893. The van der Waals surface area contributed by atoms with Gasteiger partial charge in [-0.3, -0.25) is 4.98 Å². The molecular weight excluding hydrogens is 266 g/mol. The summed E-state index contributed by atoms with van der Waals surface area (Å²) in [4.78, 5) is 4.00. The van der Waals surface area contributed by atoms with Crippen molar-refractivity contribution in [1.29, 1.82) is 0 Å². The van der Waals surface area contributed by atoms with Crippen LogP contribution in [-0.2, 0) is 0 Å². The molecule has 2 heterocycles. The smallest absolute Gasteiger partial charge is 0.141 e. The number of fused-ring (bicyclic) bond motifs is 1. The summed E-state index contributed by atoms with van der Waals surface area (Å²) in [7, 11) is 0. The molecule has 0 atom stereocenters. The predicted octanol–water partition coefficient (Wildman–Crippen LogP) is 4.26. The lowest BCUT2D eigenvalue weighted by molar-refractivity contribution is 0.587. The first-order valence-electron chi connectivity index (χ1n) is 4.92. The van der Waals surface area contributed by atoms with Crippen LogP contribution < -0.4 is 0 Å². The maximum atomic E-state index is 5.61. The fraction of sp³-hybridized carbons (Fsp3) is 0. The van der Waals surface area contributed by atoms with Gasteiger partial charge in [0.05, 0.1) is 6.26 Å². The molecule has 3 aromatic rings. The van der Waals surface area contributed by atoms with E-state index >= 15 is 0 Å². The SMILES string of the molecule is Brc1ccc2c(-c3ccncc3)occ2c1. The summed E-state index contributed by atoms with van der Waals surface area (Å²) in [5.41, 5.74) is 1.05. The van der Waals surface area contributed by atoms with Gasteiger partial charge in [0.25, 0.3) is 0 Å². The van der Waals surface area contributed by atoms with Gasteiger partial charge in [0, 0.05) is 33.2 Å².